The zero-order valence-corrected chi connectivity index (χ0v) is 15.8. The summed E-state index contributed by atoms with van der Waals surface area (Å²) in [4.78, 5) is 17.3. The molecule has 0 unspecified atom stereocenters. The third kappa shape index (κ3) is 3.40. The zero-order valence-electron chi connectivity index (χ0n) is 15.8. The second-order valence-corrected chi connectivity index (χ2v) is 7.80. The van der Waals surface area contributed by atoms with E-state index in [0.717, 1.165) is 32.6 Å². The van der Waals surface area contributed by atoms with E-state index in [1.54, 1.807) is 6.20 Å². The highest BCUT2D eigenvalue weighted by Gasteiger charge is 2.29. The molecule has 1 atom stereocenters. The van der Waals surface area contributed by atoms with E-state index in [4.69, 9.17) is 0 Å². The number of hydrogen-bond acceptors (Lipinski definition) is 3. The maximum Gasteiger partial charge on any atom is 0.257 e. The zero-order chi connectivity index (χ0) is 18.1. The van der Waals surface area contributed by atoms with Crippen LogP contribution < -0.4 is 0 Å². The minimum Gasteiger partial charge on any atom is -0.336 e. The summed E-state index contributed by atoms with van der Waals surface area (Å²) in [6, 6.07) is 9.72. The van der Waals surface area contributed by atoms with Crippen molar-refractivity contribution in [2.75, 3.05) is 26.2 Å². The molecule has 2 heterocycles. The molecule has 1 saturated heterocycles. The molecule has 0 N–H and O–H groups in total. The molecule has 1 aliphatic carbocycles. The smallest absolute Gasteiger partial charge is 0.257 e. The van der Waals surface area contributed by atoms with Crippen LogP contribution >= 0.6 is 0 Å². The molecule has 1 fully saturated rings. The first kappa shape index (κ1) is 17.3. The Morgan fingerprint density at radius 1 is 1.12 bits per heavy atom. The Labute approximate surface area is 155 Å². The second-order valence-electron chi connectivity index (χ2n) is 7.80. The van der Waals surface area contributed by atoms with Crippen molar-refractivity contribution in [2.24, 2.45) is 0 Å². The van der Waals surface area contributed by atoms with Crippen LogP contribution in [-0.2, 0) is 12.8 Å². The number of fused-ring (bicyclic) bond motifs is 1. The number of rotatable bonds is 3. The standard InChI is InChI=1S/C21H28N4O/c1-16(2)25-15-19(14-22-25)21(26)24-11-9-23(10-12-24)20-8-7-17-5-3-4-6-18(17)13-20/h3-6,14-16,20H,7-13H2,1-2H3/t20-/m1/s1. The van der Waals surface area contributed by atoms with Crippen molar-refractivity contribution < 1.29 is 4.79 Å². The van der Waals surface area contributed by atoms with Crippen LogP contribution in [0.1, 0.15) is 47.8 Å². The first-order chi connectivity index (χ1) is 12.6. The molecule has 26 heavy (non-hydrogen) atoms. The van der Waals surface area contributed by atoms with Crippen LogP contribution in [0.2, 0.25) is 0 Å². The molecule has 4 rings (SSSR count). The highest BCUT2D eigenvalue weighted by Crippen LogP contribution is 2.25. The first-order valence-electron chi connectivity index (χ1n) is 9.76. The molecule has 5 nitrogen and oxygen atoms in total. The van der Waals surface area contributed by atoms with Gasteiger partial charge in [0, 0.05) is 44.5 Å². The third-order valence-electron chi connectivity index (χ3n) is 5.82. The van der Waals surface area contributed by atoms with Gasteiger partial charge in [-0.3, -0.25) is 14.4 Å². The van der Waals surface area contributed by atoms with Crippen molar-refractivity contribution in [1.29, 1.82) is 0 Å². The van der Waals surface area contributed by atoms with Gasteiger partial charge in [-0.1, -0.05) is 24.3 Å². The van der Waals surface area contributed by atoms with Crippen LogP contribution in [0.4, 0.5) is 0 Å². The van der Waals surface area contributed by atoms with Gasteiger partial charge in [0.1, 0.15) is 0 Å². The van der Waals surface area contributed by atoms with Crippen LogP contribution in [0, 0.1) is 0 Å². The molecule has 0 radical (unpaired) electrons. The molecular weight excluding hydrogens is 324 g/mol. The van der Waals surface area contributed by atoms with Gasteiger partial charge < -0.3 is 4.90 Å². The van der Waals surface area contributed by atoms with Crippen LogP contribution in [0.25, 0.3) is 0 Å². The summed E-state index contributed by atoms with van der Waals surface area (Å²) in [5.74, 6) is 0.116. The number of carbonyl (C=O) groups excluding carboxylic acids is 1. The maximum atomic E-state index is 12.7. The summed E-state index contributed by atoms with van der Waals surface area (Å²) in [5, 5.41) is 4.30. The van der Waals surface area contributed by atoms with E-state index >= 15 is 0 Å². The number of carbonyl (C=O) groups is 1. The molecule has 2 aliphatic rings. The lowest BCUT2D eigenvalue weighted by Crippen LogP contribution is -2.53. The van der Waals surface area contributed by atoms with E-state index in [0.29, 0.717) is 11.6 Å². The van der Waals surface area contributed by atoms with Crippen LogP contribution in [-0.4, -0.2) is 57.7 Å². The summed E-state index contributed by atoms with van der Waals surface area (Å²) >= 11 is 0. The van der Waals surface area contributed by atoms with E-state index in [1.807, 2.05) is 15.8 Å². The van der Waals surface area contributed by atoms with Crippen molar-refractivity contribution >= 4 is 5.91 Å². The Morgan fingerprint density at radius 2 is 1.85 bits per heavy atom. The predicted molar refractivity (Wildman–Crippen MR) is 102 cm³/mol. The summed E-state index contributed by atoms with van der Waals surface area (Å²) in [6.45, 7) is 7.70. The monoisotopic (exact) mass is 352 g/mol. The molecular formula is C21H28N4O. The van der Waals surface area contributed by atoms with Gasteiger partial charge in [-0.25, -0.2) is 0 Å². The number of hydrogen-bond donors (Lipinski definition) is 0. The molecule has 1 aromatic carbocycles. The lowest BCUT2D eigenvalue weighted by molar-refractivity contribution is 0.0553. The van der Waals surface area contributed by atoms with E-state index < -0.39 is 0 Å². The fourth-order valence-corrected chi connectivity index (χ4v) is 4.19. The van der Waals surface area contributed by atoms with Gasteiger partial charge in [0.05, 0.1) is 11.8 Å². The number of aromatic nitrogens is 2. The van der Waals surface area contributed by atoms with E-state index in [9.17, 15) is 4.79 Å². The van der Waals surface area contributed by atoms with Gasteiger partial charge in [-0.15, -0.1) is 0 Å². The SMILES string of the molecule is CC(C)n1cc(C(=O)N2CCN([C@@H]3CCc4ccccc4C3)CC2)cn1. The minimum atomic E-state index is 0.116. The van der Waals surface area contributed by atoms with Crippen molar-refractivity contribution in [2.45, 2.75) is 45.2 Å². The van der Waals surface area contributed by atoms with Crippen LogP contribution in [0.3, 0.4) is 0 Å². The molecule has 1 amide bonds. The predicted octanol–water partition coefficient (Wildman–Crippen LogP) is 2.78. The average molecular weight is 352 g/mol. The van der Waals surface area contributed by atoms with Crippen molar-refractivity contribution in [3.63, 3.8) is 0 Å². The molecule has 0 bridgehead atoms. The van der Waals surface area contributed by atoms with E-state index in [2.05, 4.69) is 48.1 Å². The topological polar surface area (TPSA) is 41.4 Å². The fraction of sp³-hybridized carbons (Fsp3) is 0.524. The lowest BCUT2D eigenvalue weighted by atomic mass is 9.87. The van der Waals surface area contributed by atoms with Crippen molar-refractivity contribution in [1.82, 2.24) is 19.6 Å². The average Bonchev–Trinajstić information content (AvgIpc) is 3.18. The normalized spacial score (nSPS) is 21.0. The molecule has 0 saturated carbocycles. The van der Waals surface area contributed by atoms with Gasteiger partial charge in [0.25, 0.3) is 5.91 Å². The summed E-state index contributed by atoms with van der Waals surface area (Å²) in [5.41, 5.74) is 3.72. The number of amides is 1. The number of aryl methyl sites for hydroxylation is 1. The molecule has 1 aliphatic heterocycles. The van der Waals surface area contributed by atoms with Gasteiger partial charge >= 0.3 is 0 Å². The van der Waals surface area contributed by atoms with E-state index in [1.165, 1.54) is 24.0 Å². The van der Waals surface area contributed by atoms with Gasteiger partial charge in [-0.05, 0) is 44.2 Å². The maximum absolute atomic E-state index is 12.7. The summed E-state index contributed by atoms with van der Waals surface area (Å²) < 4.78 is 1.85. The van der Waals surface area contributed by atoms with Gasteiger partial charge in [-0.2, -0.15) is 5.10 Å². The quantitative estimate of drug-likeness (QED) is 0.853. The summed E-state index contributed by atoms with van der Waals surface area (Å²) in [7, 11) is 0. The Bertz CT molecular complexity index is 774. The molecule has 1 aromatic heterocycles. The minimum absolute atomic E-state index is 0.116. The fourth-order valence-electron chi connectivity index (χ4n) is 4.19. The Balaban J connectivity index is 1.35. The van der Waals surface area contributed by atoms with Gasteiger partial charge in [0.2, 0.25) is 0 Å². The number of piperazine rings is 1. The Kier molecular flexibility index (Phi) is 4.81. The molecule has 138 valence electrons. The molecule has 2 aromatic rings. The highest BCUT2D eigenvalue weighted by atomic mass is 16.2. The lowest BCUT2D eigenvalue weighted by Gasteiger charge is -2.41. The number of nitrogens with zero attached hydrogens (tertiary/aromatic N) is 4. The van der Waals surface area contributed by atoms with Crippen molar-refractivity contribution in [3.05, 3.63) is 53.3 Å². The molecule has 5 heteroatoms. The van der Waals surface area contributed by atoms with Crippen LogP contribution in [0.5, 0.6) is 0 Å². The second kappa shape index (κ2) is 7.23. The van der Waals surface area contributed by atoms with Crippen LogP contribution in [0.15, 0.2) is 36.7 Å². The summed E-state index contributed by atoms with van der Waals surface area (Å²) in [6.07, 6.45) is 7.12. The third-order valence-corrected chi connectivity index (χ3v) is 5.82. The Hall–Kier alpha value is -2.14. The number of benzene rings is 1. The van der Waals surface area contributed by atoms with E-state index in [-0.39, 0.29) is 11.9 Å². The van der Waals surface area contributed by atoms with Gasteiger partial charge in [0.15, 0.2) is 0 Å². The molecule has 0 spiro atoms. The Morgan fingerprint density at radius 3 is 2.54 bits per heavy atom. The first-order valence-corrected chi connectivity index (χ1v) is 9.76. The largest absolute Gasteiger partial charge is 0.336 e. The van der Waals surface area contributed by atoms with Crippen molar-refractivity contribution in [3.8, 4) is 0 Å². The highest BCUT2D eigenvalue weighted by molar-refractivity contribution is 5.93.